The number of hydrogen-bond acceptors (Lipinski definition) is 5. The van der Waals surface area contributed by atoms with E-state index in [2.05, 4.69) is 10.4 Å². The molecular weight excluding hydrogens is 501 g/mol. The van der Waals surface area contributed by atoms with Crippen LogP contribution in [0, 0.1) is 11.8 Å². The number of aliphatic hydroxyl groups excluding tert-OH is 1. The Kier molecular flexibility index (Phi) is 7.42. The van der Waals surface area contributed by atoms with E-state index >= 15 is 0 Å². The van der Waals surface area contributed by atoms with Gasteiger partial charge in [0.1, 0.15) is 11.5 Å². The Morgan fingerprint density at radius 3 is 2.56 bits per heavy atom. The molecule has 3 aromatic rings. The standard InChI is InChI=1S/C27H29Cl2N3O4/c1-2-35-19-6-8-20(9-7-19)36-27-21(11-12-33)25(26(34)30-23-14-16-3-4-17(23)13-16)31-32(27)24-10-5-18(28)15-22(24)29/h5-10,15-17,23,33H,2-4,11-14H2,1H3,(H,30,34). The molecule has 2 fully saturated rings. The fourth-order valence-corrected chi connectivity index (χ4v) is 5.90. The number of halogens is 2. The average molecular weight is 530 g/mol. The minimum Gasteiger partial charge on any atom is -0.494 e. The Morgan fingerprint density at radius 1 is 1.14 bits per heavy atom. The van der Waals surface area contributed by atoms with Crippen LogP contribution in [-0.2, 0) is 6.42 Å². The Hall–Kier alpha value is -2.74. The summed E-state index contributed by atoms with van der Waals surface area (Å²) in [6.45, 7) is 2.31. The third-order valence-electron chi connectivity index (χ3n) is 7.06. The molecule has 2 saturated carbocycles. The van der Waals surface area contributed by atoms with Crippen LogP contribution in [0.4, 0.5) is 0 Å². The number of nitrogens with zero attached hydrogens (tertiary/aromatic N) is 2. The van der Waals surface area contributed by atoms with Gasteiger partial charge < -0.3 is 19.9 Å². The van der Waals surface area contributed by atoms with E-state index in [9.17, 15) is 9.90 Å². The summed E-state index contributed by atoms with van der Waals surface area (Å²) in [6, 6.07) is 12.4. The van der Waals surface area contributed by atoms with Gasteiger partial charge in [0.25, 0.3) is 5.91 Å². The minimum absolute atomic E-state index is 0.151. The molecule has 2 aliphatic rings. The second-order valence-corrected chi connectivity index (χ2v) is 10.2. The first-order chi connectivity index (χ1) is 17.5. The van der Waals surface area contributed by atoms with Crippen LogP contribution in [0.25, 0.3) is 5.69 Å². The largest absolute Gasteiger partial charge is 0.494 e. The normalized spacial score (nSPS) is 20.5. The average Bonchev–Trinajstić information content (AvgIpc) is 3.56. The molecule has 0 saturated heterocycles. The zero-order valence-electron chi connectivity index (χ0n) is 20.0. The third-order valence-corrected chi connectivity index (χ3v) is 7.59. The Labute approximate surface area is 220 Å². The molecule has 0 spiro atoms. The first kappa shape index (κ1) is 24.9. The number of aromatic nitrogens is 2. The number of rotatable bonds is 9. The van der Waals surface area contributed by atoms with E-state index in [1.807, 2.05) is 19.1 Å². The van der Waals surface area contributed by atoms with Crippen molar-refractivity contribution in [1.82, 2.24) is 15.1 Å². The molecule has 2 aromatic carbocycles. The summed E-state index contributed by atoms with van der Waals surface area (Å²) in [7, 11) is 0. The number of benzene rings is 2. The van der Waals surface area contributed by atoms with Crippen LogP contribution in [0.15, 0.2) is 42.5 Å². The van der Waals surface area contributed by atoms with E-state index in [0.29, 0.717) is 51.4 Å². The second kappa shape index (κ2) is 10.7. The second-order valence-electron chi connectivity index (χ2n) is 9.37. The number of nitrogens with one attached hydrogen (secondary N) is 1. The smallest absolute Gasteiger partial charge is 0.272 e. The predicted molar refractivity (Wildman–Crippen MR) is 139 cm³/mol. The maximum absolute atomic E-state index is 13.5. The summed E-state index contributed by atoms with van der Waals surface area (Å²) in [6.07, 6.45) is 4.77. The van der Waals surface area contributed by atoms with Gasteiger partial charge >= 0.3 is 0 Å². The zero-order chi connectivity index (χ0) is 25.2. The lowest BCUT2D eigenvalue weighted by Gasteiger charge is -2.22. The summed E-state index contributed by atoms with van der Waals surface area (Å²) in [5.41, 5.74) is 1.25. The number of aliphatic hydroxyl groups is 1. The number of hydrogen-bond donors (Lipinski definition) is 2. The van der Waals surface area contributed by atoms with Crippen LogP contribution < -0.4 is 14.8 Å². The summed E-state index contributed by atoms with van der Waals surface area (Å²) in [4.78, 5) is 13.5. The predicted octanol–water partition coefficient (Wildman–Crippen LogP) is 5.82. The first-order valence-corrected chi connectivity index (χ1v) is 13.1. The van der Waals surface area contributed by atoms with Crippen LogP contribution >= 0.6 is 23.2 Å². The highest BCUT2D eigenvalue weighted by Gasteiger charge is 2.41. The van der Waals surface area contributed by atoms with Crippen molar-refractivity contribution >= 4 is 29.1 Å². The molecule has 7 nitrogen and oxygen atoms in total. The molecule has 5 rings (SSSR count). The van der Waals surface area contributed by atoms with Crippen molar-refractivity contribution in [1.29, 1.82) is 0 Å². The van der Waals surface area contributed by atoms with Gasteiger partial charge in [-0.15, -0.1) is 0 Å². The zero-order valence-corrected chi connectivity index (χ0v) is 21.6. The molecule has 3 atom stereocenters. The fraction of sp³-hybridized carbons (Fsp3) is 0.407. The SMILES string of the molecule is CCOc1ccc(Oc2c(CCO)c(C(=O)NC3CC4CCC3C4)nn2-c2ccc(Cl)cc2Cl)cc1. The molecule has 1 aromatic heterocycles. The number of carbonyl (C=O) groups excluding carboxylic acids is 1. The minimum atomic E-state index is -0.267. The van der Waals surface area contributed by atoms with Crippen LogP contribution in [0.3, 0.4) is 0 Å². The third kappa shape index (κ3) is 5.05. The molecule has 2 bridgehead atoms. The van der Waals surface area contributed by atoms with Gasteiger partial charge in [-0.3, -0.25) is 4.79 Å². The van der Waals surface area contributed by atoms with Crippen LogP contribution in [0.2, 0.25) is 10.0 Å². The lowest BCUT2D eigenvalue weighted by atomic mass is 9.95. The van der Waals surface area contributed by atoms with Crippen molar-refractivity contribution in [2.24, 2.45) is 11.8 Å². The molecule has 36 heavy (non-hydrogen) atoms. The highest BCUT2D eigenvalue weighted by Crippen LogP contribution is 2.44. The maximum Gasteiger partial charge on any atom is 0.272 e. The van der Waals surface area contributed by atoms with Crippen molar-refractivity contribution in [2.75, 3.05) is 13.2 Å². The monoisotopic (exact) mass is 529 g/mol. The lowest BCUT2D eigenvalue weighted by Crippen LogP contribution is -2.39. The van der Waals surface area contributed by atoms with Gasteiger partial charge in [0.05, 0.1) is 22.9 Å². The van der Waals surface area contributed by atoms with Crippen LogP contribution in [-0.4, -0.2) is 40.0 Å². The first-order valence-electron chi connectivity index (χ1n) is 12.4. The van der Waals surface area contributed by atoms with Crippen molar-refractivity contribution in [3.8, 4) is 23.1 Å². The maximum atomic E-state index is 13.5. The van der Waals surface area contributed by atoms with Crippen molar-refractivity contribution in [3.63, 3.8) is 0 Å². The topological polar surface area (TPSA) is 85.6 Å². The number of carbonyl (C=O) groups is 1. The van der Waals surface area contributed by atoms with Gasteiger partial charge in [-0.25, -0.2) is 0 Å². The van der Waals surface area contributed by atoms with E-state index in [1.165, 1.54) is 17.5 Å². The Bertz CT molecular complexity index is 1240. The molecule has 9 heteroatoms. The van der Waals surface area contributed by atoms with E-state index in [4.69, 9.17) is 32.7 Å². The van der Waals surface area contributed by atoms with E-state index in [-0.39, 0.29) is 30.7 Å². The van der Waals surface area contributed by atoms with Gasteiger partial charge in [0.15, 0.2) is 5.69 Å². The molecule has 1 heterocycles. The fourth-order valence-electron chi connectivity index (χ4n) is 5.42. The number of amides is 1. The molecule has 190 valence electrons. The molecule has 0 aliphatic heterocycles. The number of ether oxygens (including phenoxy) is 2. The van der Waals surface area contributed by atoms with Crippen molar-refractivity contribution in [2.45, 2.75) is 45.1 Å². The Balaban J connectivity index is 1.54. The van der Waals surface area contributed by atoms with Gasteiger partial charge in [-0.2, -0.15) is 9.78 Å². The highest BCUT2D eigenvalue weighted by molar-refractivity contribution is 6.35. The molecule has 1 amide bonds. The quantitative estimate of drug-likeness (QED) is 0.364. The van der Waals surface area contributed by atoms with Crippen molar-refractivity contribution < 1.29 is 19.4 Å². The molecule has 2 N–H and O–H groups in total. The van der Waals surface area contributed by atoms with Crippen molar-refractivity contribution in [3.05, 3.63) is 63.8 Å². The highest BCUT2D eigenvalue weighted by atomic mass is 35.5. The number of fused-ring (bicyclic) bond motifs is 2. The molecule has 0 radical (unpaired) electrons. The van der Waals surface area contributed by atoms with Crippen LogP contribution in [0.1, 0.15) is 48.7 Å². The molecule has 3 unspecified atom stereocenters. The lowest BCUT2D eigenvalue weighted by molar-refractivity contribution is 0.0916. The summed E-state index contributed by atoms with van der Waals surface area (Å²) in [5.74, 6) is 2.52. The van der Waals surface area contributed by atoms with E-state index in [0.717, 1.165) is 18.6 Å². The Morgan fingerprint density at radius 2 is 1.92 bits per heavy atom. The molecular formula is C27H29Cl2N3O4. The van der Waals surface area contributed by atoms with E-state index < -0.39 is 0 Å². The summed E-state index contributed by atoms with van der Waals surface area (Å²) < 4.78 is 13.3. The van der Waals surface area contributed by atoms with Gasteiger partial charge in [0, 0.05) is 24.1 Å². The summed E-state index contributed by atoms with van der Waals surface area (Å²) >= 11 is 12.6. The van der Waals surface area contributed by atoms with Gasteiger partial charge in [0.2, 0.25) is 5.88 Å². The van der Waals surface area contributed by atoms with Gasteiger partial charge in [-0.1, -0.05) is 29.6 Å². The summed E-state index contributed by atoms with van der Waals surface area (Å²) in [5, 5.41) is 18.6. The van der Waals surface area contributed by atoms with Crippen LogP contribution in [0.5, 0.6) is 17.4 Å². The molecule has 2 aliphatic carbocycles. The van der Waals surface area contributed by atoms with E-state index in [1.54, 1.807) is 30.3 Å². The van der Waals surface area contributed by atoms with Gasteiger partial charge in [-0.05, 0) is 80.5 Å².